The molecule has 0 spiro atoms. The van der Waals surface area contributed by atoms with Crippen molar-refractivity contribution in [3.63, 3.8) is 0 Å². The summed E-state index contributed by atoms with van der Waals surface area (Å²) in [6.45, 7) is 0. The number of pyridine rings is 2. The Morgan fingerprint density at radius 2 is 1.82 bits per heavy atom. The summed E-state index contributed by atoms with van der Waals surface area (Å²) >= 11 is 6.36. The molecule has 0 saturated carbocycles. The highest BCUT2D eigenvalue weighted by atomic mass is 35.5. The van der Waals surface area contributed by atoms with Crippen LogP contribution in [0.15, 0.2) is 73.2 Å². The van der Waals surface area contributed by atoms with Crippen molar-refractivity contribution >= 4 is 35.0 Å². The minimum absolute atomic E-state index is 0.142. The standard InChI is InChI=1S/C28H23ClF2N6O2/c1-37(27(38)17-5-8-18(30)9-6-17)19-13-23(29)26(33-14-19)35-36-28(39)34-25-21-3-2-4-24(31)20(21)10-7-16-11-12-32-15-22(16)25/h2-6,8-9,11-15,25H,7,10H2,1H3,(H,33,35)(H2,34,36,39). The number of hydrogen-bond donors (Lipinski definition) is 3. The molecular weight excluding hydrogens is 526 g/mol. The first-order valence-corrected chi connectivity index (χ1v) is 12.4. The average molecular weight is 549 g/mol. The van der Waals surface area contributed by atoms with Crippen molar-refractivity contribution in [1.82, 2.24) is 20.7 Å². The molecule has 1 atom stereocenters. The fraction of sp³-hybridized carbons (Fsp3) is 0.143. The molecule has 0 fully saturated rings. The lowest BCUT2D eigenvalue weighted by atomic mass is 9.96. The van der Waals surface area contributed by atoms with Crippen molar-refractivity contribution in [3.05, 3.63) is 118 Å². The molecule has 1 aliphatic carbocycles. The Morgan fingerprint density at radius 1 is 1.03 bits per heavy atom. The Labute approximate surface area is 228 Å². The summed E-state index contributed by atoms with van der Waals surface area (Å²) < 4.78 is 27.8. The molecular formula is C28H23ClF2N6O2. The SMILES string of the molecule is CN(C(=O)c1ccc(F)cc1)c1cnc(NNC(=O)NC2c3cnccc3CCc3c(F)cccc32)c(Cl)c1. The summed E-state index contributed by atoms with van der Waals surface area (Å²) in [4.78, 5) is 35.3. The maximum absolute atomic E-state index is 14.6. The number of hydrazine groups is 1. The van der Waals surface area contributed by atoms with Crippen LogP contribution in [0.25, 0.3) is 0 Å². The highest BCUT2D eigenvalue weighted by molar-refractivity contribution is 6.33. The molecule has 0 radical (unpaired) electrons. The lowest BCUT2D eigenvalue weighted by Crippen LogP contribution is -2.41. The van der Waals surface area contributed by atoms with Crippen LogP contribution in [-0.2, 0) is 12.8 Å². The van der Waals surface area contributed by atoms with Gasteiger partial charge in [0.2, 0.25) is 0 Å². The molecule has 3 N–H and O–H groups in total. The van der Waals surface area contributed by atoms with Crippen LogP contribution in [0.3, 0.4) is 0 Å². The Kier molecular flexibility index (Phi) is 7.38. The third-order valence-corrected chi connectivity index (χ3v) is 6.84. The lowest BCUT2D eigenvalue weighted by molar-refractivity contribution is 0.0993. The minimum atomic E-state index is -0.624. The Morgan fingerprint density at radius 3 is 2.59 bits per heavy atom. The number of benzene rings is 2. The number of carbonyl (C=O) groups excluding carboxylic acids is 2. The van der Waals surface area contributed by atoms with E-state index in [0.717, 1.165) is 11.1 Å². The van der Waals surface area contributed by atoms with Gasteiger partial charge < -0.3 is 10.2 Å². The van der Waals surface area contributed by atoms with Crippen molar-refractivity contribution in [2.45, 2.75) is 18.9 Å². The number of carbonyl (C=O) groups is 2. The van der Waals surface area contributed by atoms with Crippen molar-refractivity contribution in [1.29, 1.82) is 0 Å². The molecule has 3 amide bonds. The molecule has 8 nitrogen and oxygen atoms in total. The molecule has 11 heteroatoms. The van der Waals surface area contributed by atoms with E-state index in [2.05, 4.69) is 26.1 Å². The van der Waals surface area contributed by atoms with Gasteiger partial charge in [-0.05, 0) is 72.0 Å². The van der Waals surface area contributed by atoms with Crippen molar-refractivity contribution < 1.29 is 18.4 Å². The Balaban J connectivity index is 1.29. The lowest BCUT2D eigenvalue weighted by Gasteiger charge is -2.22. The number of urea groups is 1. The van der Waals surface area contributed by atoms with Crippen LogP contribution in [-0.4, -0.2) is 29.0 Å². The van der Waals surface area contributed by atoms with Gasteiger partial charge in [0.15, 0.2) is 5.82 Å². The van der Waals surface area contributed by atoms with E-state index in [1.807, 2.05) is 6.07 Å². The third-order valence-electron chi connectivity index (χ3n) is 6.55. The van der Waals surface area contributed by atoms with Crippen molar-refractivity contribution in [2.24, 2.45) is 0 Å². The number of aryl methyl sites for hydroxylation is 1. The van der Waals surface area contributed by atoms with Gasteiger partial charge in [0.05, 0.1) is 22.9 Å². The minimum Gasteiger partial charge on any atom is -0.326 e. The molecule has 2 aromatic heterocycles. The molecule has 1 aliphatic rings. The molecule has 0 bridgehead atoms. The number of nitrogens with one attached hydrogen (secondary N) is 3. The predicted octanol–water partition coefficient (Wildman–Crippen LogP) is 5.20. The van der Waals surface area contributed by atoms with E-state index in [0.29, 0.717) is 35.2 Å². The van der Waals surface area contributed by atoms with Crippen LogP contribution in [0.2, 0.25) is 5.02 Å². The first-order valence-electron chi connectivity index (χ1n) is 12.0. The summed E-state index contributed by atoms with van der Waals surface area (Å²) in [7, 11) is 1.54. The quantitative estimate of drug-likeness (QED) is 0.298. The van der Waals surface area contributed by atoms with E-state index in [1.54, 1.807) is 24.5 Å². The highest BCUT2D eigenvalue weighted by Gasteiger charge is 2.27. The zero-order valence-corrected chi connectivity index (χ0v) is 21.5. The molecule has 0 aliphatic heterocycles. The van der Waals surface area contributed by atoms with Gasteiger partial charge in [-0.15, -0.1) is 0 Å². The summed E-state index contributed by atoms with van der Waals surface area (Å²) in [5.74, 6) is -0.992. The zero-order chi connectivity index (χ0) is 27.5. The van der Waals surface area contributed by atoms with Crippen LogP contribution in [0.5, 0.6) is 0 Å². The second kappa shape index (κ2) is 11.0. The van der Waals surface area contributed by atoms with E-state index in [9.17, 15) is 18.4 Å². The second-order valence-corrected chi connectivity index (χ2v) is 9.34. The molecule has 1 unspecified atom stereocenters. The third kappa shape index (κ3) is 5.51. The van der Waals surface area contributed by atoms with Crippen LogP contribution < -0.4 is 21.1 Å². The molecule has 0 saturated heterocycles. The van der Waals surface area contributed by atoms with Gasteiger partial charge >= 0.3 is 6.03 Å². The number of rotatable bonds is 5. The Bertz CT molecular complexity index is 1550. The van der Waals surface area contributed by atoms with Crippen LogP contribution >= 0.6 is 11.6 Å². The van der Waals surface area contributed by atoms with Gasteiger partial charge in [-0.2, -0.15) is 0 Å². The monoisotopic (exact) mass is 548 g/mol. The summed E-state index contributed by atoms with van der Waals surface area (Å²) in [5.41, 5.74) is 8.83. The van der Waals surface area contributed by atoms with Gasteiger partial charge in [0.25, 0.3) is 5.91 Å². The van der Waals surface area contributed by atoms with E-state index in [4.69, 9.17) is 11.6 Å². The van der Waals surface area contributed by atoms with Gasteiger partial charge in [-0.3, -0.25) is 20.6 Å². The molecule has 5 rings (SSSR count). The molecule has 2 heterocycles. The smallest absolute Gasteiger partial charge is 0.326 e. The van der Waals surface area contributed by atoms with Crippen LogP contribution in [0.4, 0.5) is 25.1 Å². The Hall–Kier alpha value is -4.57. The van der Waals surface area contributed by atoms with Gasteiger partial charge in [0.1, 0.15) is 11.6 Å². The number of amides is 3. The molecule has 39 heavy (non-hydrogen) atoms. The number of anilines is 2. The topological polar surface area (TPSA) is 99.3 Å². The van der Waals surface area contributed by atoms with Gasteiger partial charge in [-0.25, -0.2) is 18.6 Å². The number of hydrogen-bond acceptors (Lipinski definition) is 5. The van der Waals surface area contributed by atoms with Crippen molar-refractivity contribution in [3.8, 4) is 0 Å². The fourth-order valence-corrected chi connectivity index (χ4v) is 4.71. The molecule has 4 aromatic rings. The first kappa shape index (κ1) is 26.1. The first-order chi connectivity index (χ1) is 18.8. The highest BCUT2D eigenvalue weighted by Crippen LogP contribution is 2.33. The average Bonchev–Trinajstić information content (AvgIpc) is 3.10. The summed E-state index contributed by atoms with van der Waals surface area (Å²) in [5, 5.41) is 3.03. The number of aromatic nitrogens is 2. The maximum atomic E-state index is 14.6. The number of halogens is 3. The van der Waals surface area contributed by atoms with E-state index in [-0.39, 0.29) is 22.6 Å². The number of nitrogens with zero attached hydrogens (tertiary/aromatic N) is 3. The molecule has 198 valence electrons. The zero-order valence-electron chi connectivity index (χ0n) is 20.7. The largest absolute Gasteiger partial charge is 0.334 e. The van der Waals surface area contributed by atoms with E-state index >= 15 is 0 Å². The summed E-state index contributed by atoms with van der Waals surface area (Å²) in [6.07, 6.45) is 5.87. The summed E-state index contributed by atoms with van der Waals surface area (Å²) in [6, 6.07) is 12.1. The van der Waals surface area contributed by atoms with Crippen LogP contribution in [0.1, 0.15) is 38.7 Å². The number of fused-ring (bicyclic) bond motifs is 2. The fourth-order valence-electron chi connectivity index (χ4n) is 4.51. The predicted molar refractivity (Wildman–Crippen MR) is 144 cm³/mol. The second-order valence-electron chi connectivity index (χ2n) is 8.93. The molecule has 2 aromatic carbocycles. The van der Waals surface area contributed by atoms with Gasteiger partial charge in [0, 0.05) is 30.6 Å². The normalized spacial score (nSPS) is 13.9. The van der Waals surface area contributed by atoms with E-state index in [1.165, 1.54) is 54.5 Å². The maximum Gasteiger partial charge on any atom is 0.334 e. The van der Waals surface area contributed by atoms with E-state index < -0.39 is 17.9 Å². The van der Waals surface area contributed by atoms with Crippen LogP contribution in [0, 0.1) is 11.6 Å². The van der Waals surface area contributed by atoms with Gasteiger partial charge in [-0.1, -0.05) is 23.7 Å². The van der Waals surface area contributed by atoms with Crippen molar-refractivity contribution in [2.75, 3.05) is 17.4 Å².